The Morgan fingerprint density at radius 1 is 1.37 bits per heavy atom. The van der Waals surface area contributed by atoms with Crippen LogP contribution in [-0.2, 0) is 14.9 Å². The van der Waals surface area contributed by atoms with Crippen LogP contribution in [0.1, 0.15) is 18.9 Å². The normalized spacial score (nSPS) is 15.9. The van der Waals surface area contributed by atoms with Gasteiger partial charge in [0.25, 0.3) is 16.0 Å². The lowest BCUT2D eigenvalue weighted by molar-refractivity contribution is -0.116. The molecule has 6 nitrogen and oxygen atoms in total. The second-order valence-corrected chi connectivity index (χ2v) is 5.98. The minimum absolute atomic E-state index is 0.118. The highest BCUT2D eigenvalue weighted by molar-refractivity contribution is 7.86. The SMILES string of the molecule is CC1=NN(c2ccc(S(=O)(=O)O)c(Cl)c2C)C(=O)C1. The molecule has 0 aliphatic carbocycles. The Morgan fingerprint density at radius 2 is 2.00 bits per heavy atom. The van der Waals surface area contributed by atoms with Crippen LogP contribution in [0.2, 0.25) is 5.02 Å². The van der Waals surface area contributed by atoms with Crippen molar-refractivity contribution in [2.24, 2.45) is 5.10 Å². The fourth-order valence-corrected chi connectivity index (χ4v) is 2.89. The number of hydrogen-bond donors (Lipinski definition) is 1. The molecule has 0 unspecified atom stereocenters. The summed E-state index contributed by atoms with van der Waals surface area (Å²) in [5.41, 5.74) is 1.43. The number of anilines is 1. The van der Waals surface area contributed by atoms with Gasteiger partial charge in [-0.1, -0.05) is 11.6 Å². The third kappa shape index (κ3) is 2.49. The molecule has 1 aromatic carbocycles. The molecule has 0 atom stereocenters. The molecule has 8 heteroatoms. The fourth-order valence-electron chi connectivity index (χ4n) is 1.82. The van der Waals surface area contributed by atoms with Crippen molar-refractivity contribution in [3.63, 3.8) is 0 Å². The molecule has 102 valence electrons. The molecular formula is C11H11ClN2O4S. The summed E-state index contributed by atoms with van der Waals surface area (Å²) in [5, 5.41) is 5.13. The standard InChI is InChI=1S/C11H11ClN2O4S/c1-6-5-10(15)14(13-6)8-3-4-9(19(16,17)18)11(12)7(8)2/h3-4H,5H2,1-2H3,(H,16,17,18). The smallest absolute Gasteiger partial charge is 0.282 e. The van der Waals surface area contributed by atoms with Crippen molar-refractivity contribution in [3.05, 3.63) is 22.7 Å². The van der Waals surface area contributed by atoms with Crippen molar-refractivity contribution < 1.29 is 17.8 Å². The second kappa shape index (κ2) is 4.59. The third-order valence-electron chi connectivity index (χ3n) is 2.74. The van der Waals surface area contributed by atoms with Gasteiger partial charge in [0.15, 0.2) is 0 Å². The maximum Gasteiger partial charge on any atom is 0.296 e. The number of halogens is 1. The van der Waals surface area contributed by atoms with Crippen LogP contribution < -0.4 is 5.01 Å². The molecule has 1 aliphatic rings. The molecule has 0 aromatic heterocycles. The summed E-state index contributed by atoms with van der Waals surface area (Å²) in [4.78, 5) is 11.3. The van der Waals surface area contributed by atoms with E-state index in [1.165, 1.54) is 11.1 Å². The van der Waals surface area contributed by atoms with Gasteiger partial charge in [-0.05, 0) is 31.5 Å². The van der Waals surface area contributed by atoms with Crippen LogP contribution in [0, 0.1) is 6.92 Å². The maximum absolute atomic E-state index is 11.7. The quantitative estimate of drug-likeness (QED) is 0.847. The van der Waals surface area contributed by atoms with Crippen LogP contribution in [0.4, 0.5) is 5.69 Å². The van der Waals surface area contributed by atoms with Crippen molar-refractivity contribution in [2.75, 3.05) is 5.01 Å². The molecule has 1 N–H and O–H groups in total. The highest BCUT2D eigenvalue weighted by atomic mass is 35.5. The van der Waals surface area contributed by atoms with Crippen LogP contribution in [0.5, 0.6) is 0 Å². The van der Waals surface area contributed by atoms with E-state index >= 15 is 0 Å². The number of hydrazone groups is 1. The van der Waals surface area contributed by atoms with Gasteiger partial charge in [-0.3, -0.25) is 9.35 Å². The monoisotopic (exact) mass is 302 g/mol. The lowest BCUT2D eigenvalue weighted by atomic mass is 10.2. The zero-order valence-corrected chi connectivity index (χ0v) is 11.8. The summed E-state index contributed by atoms with van der Waals surface area (Å²) >= 11 is 5.92. The minimum Gasteiger partial charge on any atom is -0.282 e. The van der Waals surface area contributed by atoms with E-state index in [-0.39, 0.29) is 22.2 Å². The zero-order chi connectivity index (χ0) is 14.4. The second-order valence-electron chi connectivity index (χ2n) is 4.21. The number of hydrogen-bond acceptors (Lipinski definition) is 4. The molecule has 0 bridgehead atoms. The zero-order valence-electron chi connectivity index (χ0n) is 10.2. The van der Waals surface area contributed by atoms with Gasteiger partial charge in [0.05, 0.1) is 17.1 Å². The fraction of sp³-hybridized carbons (Fsp3) is 0.273. The maximum atomic E-state index is 11.7. The molecule has 1 aliphatic heterocycles. The highest BCUT2D eigenvalue weighted by Crippen LogP contribution is 2.34. The van der Waals surface area contributed by atoms with Crippen LogP contribution >= 0.6 is 11.6 Å². The van der Waals surface area contributed by atoms with Gasteiger partial charge in [-0.2, -0.15) is 13.5 Å². The van der Waals surface area contributed by atoms with Gasteiger partial charge in [0.1, 0.15) is 4.90 Å². The summed E-state index contributed by atoms with van der Waals surface area (Å²) in [5.74, 6) is -0.212. The van der Waals surface area contributed by atoms with Gasteiger partial charge >= 0.3 is 0 Å². The first-order valence-electron chi connectivity index (χ1n) is 5.35. The molecule has 0 fully saturated rings. The number of rotatable bonds is 2. The van der Waals surface area contributed by atoms with E-state index in [0.717, 1.165) is 6.07 Å². The molecular weight excluding hydrogens is 292 g/mol. The Balaban J connectivity index is 2.57. The van der Waals surface area contributed by atoms with E-state index < -0.39 is 10.1 Å². The Morgan fingerprint density at radius 3 is 2.47 bits per heavy atom. The number of benzene rings is 1. The number of carbonyl (C=O) groups excluding carboxylic acids is 1. The van der Waals surface area contributed by atoms with Crippen molar-refractivity contribution in [1.29, 1.82) is 0 Å². The Kier molecular flexibility index (Phi) is 3.38. The lowest BCUT2D eigenvalue weighted by Gasteiger charge is -2.16. The van der Waals surface area contributed by atoms with E-state index in [1.807, 2.05) is 0 Å². The van der Waals surface area contributed by atoms with Crippen molar-refractivity contribution in [3.8, 4) is 0 Å². The van der Waals surface area contributed by atoms with E-state index in [4.69, 9.17) is 16.2 Å². The largest absolute Gasteiger partial charge is 0.296 e. The predicted octanol–water partition coefficient (Wildman–Crippen LogP) is 2.01. The van der Waals surface area contributed by atoms with Gasteiger partial charge in [-0.25, -0.2) is 5.01 Å². The van der Waals surface area contributed by atoms with Crippen LogP contribution in [-0.4, -0.2) is 24.6 Å². The topological polar surface area (TPSA) is 87.0 Å². The molecule has 19 heavy (non-hydrogen) atoms. The first kappa shape index (κ1) is 14.0. The molecule has 0 spiro atoms. The first-order valence-corrected chi connectivity index (χ1v) is 7.17. The number of nitrogens with zero attached hydrogens (tertiary/aromatic N) is 2. The van der Waals surface area contributed by atoms with Gasteiger partial charge in [-0.15, -0.1) is 0 Å². The molecule has 1 amide bonds. The molecule has 0 radical (unpaired) electrons. The van der Waals surface area contributed by atoms with Crippen molar-refractivity contribution in [2.45, 2.75) is 25.2 Å². The van der Waals surface area contributed by atoms with Gasteiger partial charge in [0.2, 0.25) is 0 Å². The molecule has 1 aromatic rings. The van der Waals surface area contributed by atoms with E-state index in [2.05, 4.69) is 5.10 Å². The molecule has 1 heterocycles. The van der Waals surface area contributed by atoms with Gasteiger partial charge in [0, 0.05) is 5.71 Å². The summed E-state index contributed by atoms with van der Waals surface area (Å²) in [6, 6.07) is 2.54. The first-order chi connectivity index (χ1) is 8.71. The molecule has 0 saturated heterocycles. The molecule has 0 saturated carbocycles. The summed E-state index contributed by atoms with van der Waals surface area (Å²) < 4.78 is 31.3. The van der Waals surface area contributed by atoms with E-state index in [0.29, 0.717) is 17.0 Å². The third-order valence-corrected chi connectivity index (χ3v) is 4.24. The average Bonchev–Trinajstić information content (AvgIpc) is 2.60. The summed E-state index contributed by atoms with van der Waals surface area (Å²) in [6.07, 6.45) is 0.219. The van der Waals surface area contributed by atoms with Crippen LogP contribution in [0.25, 0.3) is 0 Å². The minimum atomic E-state index is -4.39. The number of carbonyl (C=O) groups is 1. The Bertz CT molecular complexity index is 697. The Labute approximate surface area is 115 Å². The van der Waals surface area contributed by atoms with Gasteiger partial charge < -0.3 is 0 Å². The Hall–Kier alpha value is -1.44. The van der Waals surface area contributed by atoms with Crippen molar-refractivity contribution in [1.82, 2.24) is 0 Å². The summed E-state index contributed by atoms with van der Waals surface area (Å²) in [7, 11) is -4.39. The van der Waals surface area contributed by atoms with Crippen LogP contribution in [0.3, 0.4) is 0 Å². The lowest BCUT2D eigenvalue weighted by Crippen LogP contribution is -2.20. The van der Waals surface area contributed by atoms with E-state index in [1.54, 1.807) is 13.8 Å². The number of amides is 1. The predicted molar refractivity (Wildman–Crippen MR) is 71.2 cm³/mol. The van der Waals surface area contributed by atoms with Crippen LogP contribution in [0.15, 0.2) is 22.1 Å². The van der Waals surface area contributed by atoms with Crippen molar-refractivity contribution >= 4 is 39.0 Å². The average molecular weight is 303 g/mol. The summed E-state index contributed by atoms with van der Waals surface area (Å²) in [6.45, 7) is 3.28. The highest BCUT2D eigenvalue weighted by Gasteiger charge is 2.26. The molecule has 2 rings (SSSR count). The van der Waals surface area contributed by atoms with E-state index in [9.17, 15) is 13.2 Å².